The number of sulfonamides is 2. The van der Waals surface area contributed by atoms with E-state index in [-0.39, 0.29) is 16.5 Å². The molecule has 0 spiro atoms. The number of nitrogens with zero attached hydrogens (tertiary/aromatic N) is 3. The van der Waals surface area contributed by atoms with Crippen molar-refractivity contribution in [2.24, 2.45) is 0 Å². The number of amides is 1. The Morgan fingerprint density at radius 2 is 1.56 bits per heavy atom. The van der Waals surface area contributed by atoms with Gasteiger partial charge in [-0.2, -0.15) is 0 Å². The van der Waals surface area contributed by atoms with E-state index >= 15 is 0 Å². The number of methoxy groups -OCH3 is 1. The molecule has 13 heteroatoms. The third-order valence-electron chi connectivity index (χ3n) is 4.64. The summed E-state index contributed by atoms with van der Waals surface area (Å²) in [6.07, 6.45) is 3.80. The first-order valence-corrected chi connectivity index (χ1v) is 13.2. The molecule has 2 aromatic carbocycles. The average Bonchev–Trinajstić information content (AvgIpc) is 2.79. The zero-order valence-corrected chi connectivity index (χ0v) is 20.2. The van der Waals surface area contributed by atoms with Gasteiger partial charge in [0.1, 0.15) is 11.8 Å². The van der Waals surface area contributed by atoms with E-state index in [1.54, 1.807) is 18.2 Å². The van der Waals surface area contributed by atoms with Crippen molar-refractivity contribution in [3.63, 3.8) is 0 Å². The lowest BCUT2D eigenvalue weighted by molar-refractivity contribution is -0.116. The zero-order valence-electron chi connectivity index (χ0n) is 18.5. The van der Waals surface area contributed by atoms with Crippen LogP contribution in [0.1, 0.15) is 6.92 Å². The van der Waals surface area contributed by atoms with Crippen molar-refractivity contribution in [3.8, 4) is 5.75 Å². The Balaban J connectivity index is 1.75. The van der Waals surface area contributed by atoms with Crippen molar-refractivity contribution in [2.45, 2.75) is 17.9 Å². The lowest BCUT2D eigenvalue weighted by atomic mass is 10.2. The molecule has 0 bridgehead atoms. The lowest BCUT2D eigenvalue weighted by Gasteiger charge is -2.28. The summed E-state index contributed by atoms with van der Waals surface area (Å²) in [5.41, 5.74) is 0.580. The van der Waals surface area contributed by atoms with Crippen LogP contribution in [-0.4, -0.2) is 52.1 Å². The van der Waals surface area contributed by atoms with E-state index in [4.69, 9.17) is 4.74 Å². The quantitative estimate of drug-likeness (QED) is 0.449. The molecule has 0 saturated heterocycles. The second-order valence-electron chi connectivity index (χ2n) is 7.12. The summed E-state index contributed by atoms with van der Waals surface area (Å²) < 4.78 is 58.1. The van der Waals surface area contributed by atoms with Crippen LogP contribution in [0.2, 0.25) is 0 Å². The highest BCUT2D eigenvalue weighted by Crippen LogP contribution is 2.24. The van der Waals surface area contributed by atoms with E-state index in [9.17, 15) is 21.6 Å². The molecule has 0 aliphatic carbocycles. The second-order valence-corrected chi connectivity index (χ2v) is 10.7. The highest BCUT2D eigenvalue weighted by Gasteiger charge is 2.29. The highest BCUT2D eigenvalue weighted by molar-refractivity contribution is 7.92. The number of benzene rings is 2. The molecule has 0 aliphatic rings. The van der Waals surface area contributed by atoms with Crippen LogP contribution in [0.3, 0.4) is 0 Å². The van der Waals surface area contributed by atoms with Crippen molar-refractivity contribution in [2.75, 3.05) is 27.7 Å². The Morgan fingerprint density at radius 3 is 2.09 bits per heavy atom. The van der Waals surface area contributed by atoms with Gasteiger partial charge in [-0.1, -0.05) is 0 Å². The van der Waals surface area contributed by atoms with Crippen molar-refractivity contribution >= 4 is 43.3 Å². The molecular weight excluding hydrogens is 482 g/mol. The smallest absolute Gasteiger partial charge is 0.264 e. The van der Waals surface area contributed by atoms with Crippen molar-refractivity contribution < 1.29 is 26.4 Å². The molecule has 0 fully saturated rings. The van der Waals surface area contributed by atoms with Gasteiger partial charge < -0.3 is 10.1 Å². The standard InChI is InChI=1S/C21H23N5O6S2/c1-15(26(33(3,28)29)17-7-9-18(32-2)10-8-17)20(27)24-16-5-11-19(12-6-16)34(30,31)25-21-22-13-4-14-23-21/h4-15H,1-3H3,(H,24,27)(H,22,23,25)/t15-/m0/s1. The van der Waals surface area contributed by atoms with E-state index in [0.717, 1.165) is 10.6 Å². The van der Waals surface area contributed by atoms with Gasteiger partial charge in [-0.05, 0) is 61.5 Å². The van der Waals surface area contributed by atoms with Crippen LogP contribution in [-0.2, 0) is 24.8 Å². The molecule has 0 radical (unpaired) electrons. The molecule has 1 aromatic heterocycles. The van der Waals surface area contributed by atoms with Gasteiger partial charge in [-0.15, -0.1) is 0 Å². The molecule has 2 N–H and O–H groups in total. The summed E-state index contributed by atoms with van der Waals surface area (Å²) in [7, 11) is -6.25. The Kier molecular flexibility index (Phi) is 7.37. The maximum atomic E-state index is 12.8. The number of hydrogen-bond acceptors (Lipinski definition) is 8. The summed E-state index contributed by atoms with van der Waals surface area (Å²) >= 11 is 0. The predicted molar refractivity (Wildman–Crippen MR) is 128 cm³/mol. The SMILES string of the molecule is COc1ccc(N([C@@H](C)C(=O)Nc2ccc(S(=O)(=O)Nc3ncccn3)cc2)S(C)(=O)=O)cc1. The van der Waals surface area contributed by atoms with Gasteiger partial charge in [0.25, 0.3) is 10.0 Å². The first kappa shape index (κ1) is 24.9. The van der Waals surface area contributed by atoms with Crippen LogP contribution in [0.4, 0.5) is 17.3 Å². The Hall–Kier alpha value is -3.71. The fourth-order valence-electron chi connectivity index (χ4n) is 3.03. The van der Waals surface area contributed by atoms with Gasteiger partial charge >= 0.3 is 0 Å². The minimum absolute atomic E-state index is 0.0676. The molecule has 11 nitrogen and oxygen atoms in total. The Bertz CT molecular complexity index is 1350. The van der Waals surface area contributed by atoms with E-state index in [0.29, 0.717) is 11.4 Å². The van der Waals surface area contributed by atoms with Crippen molar-refractivity contribution in [3.05, 3.63) is 67.0 Å². The summed E-state index contributed by atoms with van der Waals surface area (Å²) in [5, 5.41) is 2.61. The van der Waals surface area contributed by atoms with Crippen LogP contribution in [0.25, 0.3) is 0 Å². The molecule has 180 valence electrons. The number of carbonyl (C=O) groups is 1. The minimum atomic E-state index is -3.93. The van der Waals surface area contributed by atoms with Crippen LogP contribution in [0.5, 0.6) is 5.75 Å². The van der Waals surface area contributed by atoms with E-state index in [1.807, 2.05) is 0 Å². The molecule has 1 heterocycles. The molecule has 3 aromatic rings. The van der Waals surface area contributed by atoms with E-state index < -0.39 is 32.0 Å². The topological polar surface area (TPSA) is 148 Å². The van der Waals surface area contributed by atoms with Gasteiger partial charge in [-0.25, -0.2) is 31.5 Å². The average molecular weight is 506 g/mol. The van der Waals surface area contributed by atoms with Crippen LogP contribution < -0.4 is 19.1 Å². The Morgan fingerprint density at radius 1 is 0.971 bits per heavy atom. The minimum Gasteiger partial charge on any atom is -0.497 e. The van der Waals surface area contributed by atoms with Gasteiger partial charge in [0.2, 0.25) is 21.9 Å². The highest BCUT2D eigenvalue weighted by atomic mass is 32.2. The monoisotopic (exact) mass is 505 g/mol. The molecular formula is C21H23N5O6S2. The van der Waals surface area contributed by atoms with Gasteiger partial charge in [-0.3, -0.25) is 9.10 Å². The molecule has 3 rings (SSSR count). The second kappa shape index (κ2) is 10.1. The summed E-state index contributed by atoms with van der Waals surface area (Å²) in [6.45, 7) is 1.45. The van der Waals surface area contributed by atoms with E-state index in [2.05, 4.69) is 20.0 Å². The lowest BCUT2D eigenvalue weighted by Crippen LogP contribution is -2.45. The molecule has 0 saturated carbocycles. The maximum absolute atomic E-state index is 12.8. The van der Waals surface area contributed by atoms with E-state index in [1.165, 1.54) is 62.8 Å². The summed E-state index contributed by atoms with van der Waals surface area (Å²) in [6, 6.07) is 12.1. The van der Waals surface area contributed by atoms with Crippen molar-refractivity contribution in [1.82, 2.24) is 9.97 Å². The van der Waals surface area contributed by atoms with Gasteiger partial charge in [0.05, 0.1) is 23.9 Å². The zero-order chi connectivity index (χ0) is 24.9. The molecule has 0 aliphatic heterocycles. The first-order valence-electron chi connectivity index (χ1n) is 9.85. The molecule has 0 unspecified atom stereocenters. The maximum Gasteiger partial charge on any atom is 0.264 e. The number of anilines is 3. The number of hydrogen-bond donors (Lipinski definition) is 2. The fourth-order valence-corrected chi connectivity index (χ4v) is 5.17. The molecule has 1 atom stereocenters. The van der Waals surface area contributed by atoms with Crippen molar-refractivity contribution in [1.29, 1.82) is 0 Å². The van der Waals surface area contributed by atoms with Crippen LogP contribution in [0.15, 0.2) is 71.9 Å². The number of ether oxygens (including phenoxy) is 1. The number of rotatable bonds is 9. The normalized spacial score (nSPS) is 12.4. The number of carbonyl (C=O) groups excluding carboxylic acids is 1. The molecule has 1 amide bonds. The first-order chi connectivity index (χ1) is 16.0. The van der Waals surface area contributed by atoms with Gasteiger partial charge in [0.15, 0.2) is 0 Å². The third kappa shape index (κ3) is 5.99. The van der Waals surface area contributed by atoms with Gasteiger partial charge in [0, 0.05) is 18.1 Å². The summed E-state index contributed by atoms with van der Waals surface area (Å²) in [4.78, 5) is 20.4. The largest absolute Gasteiger partial charge is 0.497 e. The fraction of sp³-hybridized carbons (Fsp3) is 0.190. The third-order valence-corrected chi connectivity index (χ3v) is 7.22. The molecule has 34 heavy (non-hydrogen) atoms. The predicted octanol–water partition coefficient (Wildman–Crippen LogP) is 2.08. The summed E-state index contributed by atoms with van der Waals surface area (Å²) in [5.74, 6) is -0.140. The number of aromatic nitrogens is 2. The Labute approximate surface area is 197 Å². The van der Waals surface area contributed by atoms with Crippen LogP contribution >= 0.6 is 0 Å². The van der Waals surface area contributed by atoms with Crippen LogP contribution in [0, 0.1) is 0 Å². The number of nitrogens with one attached hydrogen (secondary N) is 2.